The average molecular weight is 260 g/mol. The fourth-order valence-corrected chi connectivity index (χ4v) is 2.91. The Hall–Kier alpha value is -1.24. The van der Waals surface area contributed by atoms with E-state index in [2.05, 4.69) is 37.3 Å². The fourth-order valence-electron chi connectivity index (χ4n) is 2.20. The average Bonchev–Trinajstić information content (AvgIpc) is 2.38. The molecule has 1 heterocycles. The molecule has 0 aliphatic carbocycles. The molecule has 0 saturated heterocycles. The second-order valence-corrected chi connectivity index (χ2v) is 5.17. The number of hydrogen-bond acceptors (Lipinski definition) is 3. The molecule has 1 aliphatic heterocycles. The van der Waals surface area contributed by atoms with Gasteiger partial charge in [-0.05, 0) is 35.7 Å². The van der Waals surface area contributed by atoms with Crippen molar-refractivity contribution in [3.8, 4) is 6.07 Å². The van der Waals surface area contributed by atoms with Crippen LogP contribution in [0.5, 0.6) is 0 Å². The van der Waals surface area contributed by atoms with Gasteiger partial charge in [-0.15, -0.1) is 11.8 Å². The smallest absolute Gasteiger partial charge is 0.124 e. The maximum Gasteiger partial charge on any atom is 0.124 e. The molecule has 1 unspecified atom stereocenters. The van der Waals surface area contributed by atoms with Crippen molar-refractivity contribution in [2.24, 2.45) is 0 Å². The third-order valence-corrected chi connectivity index (χ3v) is 4.18. The van der Waals surface area contributed by atoms with Gasteiger partial charge in [0.05, 0.1) is 6.07 Å². The molecule has 0 N–H and O–H groups in total. The van der Waals surface area contributed by atoms with Gasteiger partial charge < -0.3 is 0 Å². The minimum absolute atomic E-state index is 0.223. The van der Waals surface area contributed by atoms with Crippen LogP contribution >= 0.6 is 11.8 Å². The molecule has 2 nitrogen and oxygen atoms in total. The molecule has 0 aromatic carbocycles. The van der Waals surface area contributed by atoms with Crippen molar-refractivity contribution < 1.29 is 0 Å². The molecule has 1 aliphatic rings. The van der Waals surface area contributed by atoms with Gasteiger partial charge in [0.15, 0.2) is 0 Å². The van der Waals surface area contributed by atoms with Crippen LogP contribution in [-0.2, 0) is 0 Å². The van der Waals surface area contributed by atoms with Crippen LogP contribution < -0.4 is 0 Å². The summed E-state index contributed by atoms with van der Waals surface area (Å²) in [7, 11) is 0. The van der Waals surface area contributed by atoms with Gasteiger partial charge in [0.25, 0.3) is 0 Å². The fraction of sp³-hybridized carbons (Fsp3) is 0.400. The standard InChI is InChI=1S/C15H20N2S/c1-5-7-13(6-2)14(10-16)17-9-8-15(18-4)12(3)11-17/h5-7,14H,1-2,8-9,11H2,3-4H3/b13-7+. The summed E-state index contributed by atoms with van der Waals surface area (Å²) >= 11 is 1.82. The zero-order valence-corrected chi connectivity index (χ0v) is 12.0. The Balaban J connectivity index is 2.91. The Bertz CT molecular complexity index is 426. The zero-order valence-electron chi connectivity index (χ0n) is 11.1. The van der Waals surface area contributed by atoms with E-state index in [9.17, 15) is 5.26 Å². The summed E-state index contributed by atoms with van der Waals surface area (Å²) in [5.74, 6) is 0. The first-order chi connectivity index (χ1) is 8.67. The van der Waals surface area contributed by atoms with Crippen LogP contribution in [0.3, 0.4) is 0 Å². The second-order valence-electron chi connectivity index (χ2n) is 4.27. The van der Waals surface area contributed by atoms with E-state index in [0.29, 0.717) is 0 Å². The van der Waals surface area contributed by atoms with Crippen molar-refractivity contribution in [2.45, 2.75) is 19.4 Å². The van der Waals surface area contributed by atoms with Crippen LogP contribution in [0.2, 0.25) is 0 Å². The van der Waals surface area contributed by atoms with E-state index < -0.39 is 0 Å². The summed E-state index contributed by atoms with van der Waals surface area (Å²) in [6.07, 6.45) is 8.47. The van der Waals surface area contributed by atoms with Crippen LogP contribution in [0.15, 0.2) is 47.4 Å². The summed E-state index contributed by atoms with van der Waals surface area (Å²) in [6, 6.07) is 2.15. The van der Waals surface area contributed by atoms with Gasteiger partial charge in [-0.3, -0.25) is 4.90 Å². The minimum Gasteiger partial charge on any atom is -0.280 e. The highest BCUT2D eigenvalue weighted by Crippen LogP contribution is 2.28. The molecule has 0 radical (unpaired) electrons. The van der Waals surface area contributed by atoms with E-state index in [0.717, 1.165) is 25.1 Å². The van der Waals surface area contributed by atoms with Crippen molar-refractivity contribution in [3.63, 3.8) is 0 Å². The predicted octanol–water partition coefficient (Wildman–Crippen LogP) is 3.52. The van der Waals surface area contributed by atoms with Gasteiger partial charge in [-0.25, -0.2) is 0 Å². The zero-order chi connectivity index (χ0) is 13.5. The van der Waals surface area contributed by atoms with Crippen LogP contribution in [-0.4, -0.2) is 30.3 Å². The highest BCUT2D eigenvalue weighted by atomic mass is 32.2. The van der Waals surface area contributed by atoms with Gasteiger partial charge in [-0.1, -0.05) is 31.4 Å². The number of hydrogen-bond donors (Lipinski definition) is 0. The van der Waals surface area contributed by atoms with Gasteiger partial charge in [0, 0.05) is 13.1 Å². The number of nitriles is 1. The normalized spacial score (nSPS) is 19.3. The van der Waals surface area contributed by atoms with E-state index in [1.165, 1.54) is 10.5 Å². The van der Waals surface area contributed by atoms with Gasteiger partial charge >= 0.3 is 0 Å². The summed E-state index contributed by atoms with van der Waals surface area (Å²) in [6.45, 7) is 11.4. The van der Waals surface area contributed by atoms with E-state index in [-0.39, 0.29) is 6.04 Å². The van der Waals surface area contributed by atoms with Crippen LogP contribution in [0.4, 0.5) is 0 Å². The first-order valence-corrected chi connectivity index (χ1v) is 7.21. The largest absolute Gasteiger partial charge is 0.280 e. The molecule has 0 aromatic rings. The maximum atomic E-state index is 9.38. The lowest BCUT2D eigenvalue weighted by atomic mass is 10.0. The molecule has 0 aromatic heterocycles. The maximum absolute atomic E-state index is 9.38. The van der Waals surface area contributed by atoms with Crippen molar-refractivity contribution in [1.82, 2.24) is 4.90 Å². The molecule has 0 bridgehead atoms. The second kappa shape index (κ2) is 7.25. The lowest BCUT2D eigenvalue weighted by molar-refractivity contribution is 0.273. The van der Waals surface area contributed by atoms with Crippen LogP contribution in [0.25, 0.3) is 0 Å². The van der Waals surface area contributed by atoms with Gasteiger partial charge in [0.2, 0.25) is 0 Å². The molecule has 0 fully saturated rings. The Morgan fingerprint density at radius 1 is 1.56 bits per heavy atom. The quantitative estimate of drug-likeness (QED) is 0.708. The van der Waals surface area contributed by atoms with E-state index in [1.54, 1.807) is 12.2 Å². The van der Waals surface area contributed by atoms with Crippen LogP contribution in [0, 0.1) is 11.3 Å². The number of allylic oxidation sites excluding steroid dienone is 2. The number of rotatable bonds is 5. The van der Waals surface area contributed by atoms with E-state index in [1.807, 2.05) is 17.8 Å². The Labute approximate surface area is 114 Å². The lowest BCUT2D eigenvalue weighted by Crippen LogP contribution is -2.39. The first-order valence-electron chi connectivity index (χ1n) is 5.99. The molecular formula is C15H20N2S. The summed E-state index contributed by atoms with van der Waals surface area (Å²) in [5.41, 5.74) is 2.30. The summed E-state index contributed by atoms with van der Waals surface area (Å²) < 4.78 is 0. The van der Waals surface area contributed by atoms with Crippen molar-refractivity contribution in [1.29, 1.82) is 5.26 Å². The van der Waals surface area contributed by atoms with Crippen molar-refractivity contribution in [3.05, 3.63) is 47.4 Å². The first kappa shape index (κ1) is 14.8. The van der Waals surface area contributed by atoms with Crippen molar-refractivity contribution >= 4 is 11.8 Å². The number of thioether (sulfide) groups is 1. The molecule has 3 heteroatoms. The third-order valence-electron chi connectivity index (χ3n) is 3.14. The van der Waals surface area contributed by atoms with Crippen molar-refractivity contribution in [2.75, 3.05) is 19.3 Å². The third kappa shape index (κ3) is 3.38. The SMILES string of the molecule is C=C/C=C(\C=C)C(C#N)N1CCC(SC)=C(C)C1. The van der Waals surface area contributed by atoms with E-state index >= 15 is 0 Å². The van der Waals surface area contributed by atoms with E-state index in [4.69, 9.17) is 0 Å². The lowest BCUT2D eigenvalue weighted by Gasteiger charge is -2.32. The Morgan fingerprint density at radius 2 is 2.28 bits per heavy atom. The highest BCUT2D eigenvalue weighted by molar-refractivity contribution is 8.02. The Kier molecular flexibility index (Phi) is 5.97. The van der Waals surface area contributed by atoms with Gasteiger partial charge in [-0.2, -0.15) is 5.26 Å². The molecule has 1 atom stereocenters. The molecule has 0 spiro atoms. The summed E-state index contributed by atoms with van der Waals surface area (Å²) in [4.78, 5) is 3.65. The molecule has 18 heavy (non-hydrogen) atoms. The minimum atomic E-state index is -0.223. The van der Waals surface area contributed by atoms with Crippen LogP contribution in [0.1, 0.15) is 13.3 Å². The predicted molar refractivity (Wildman–Crippen MR) is 80.3 cm³/mol. The molecule has 96 valence electrons. The topological polar surface area (TPSA) is 27.0 Å². The van der Waals surface area contributed by atoms with Gasteiger partial charge in [0.1, 0.15) is 6.04 Å². The monoisotopic (exact) mass is 260 g/mol. The molecule has 0 saturated carbocycles. The summed E-state index contributed by atoms with van der Waals surface area (Å²) in [5, 5.41) is 9.38. The Morgan fingerprint density at radius 3 is 2.72 bits per heavy atom. The number of nitrogens with zero attached hydrogens (tertiary/aromatic N) is 2. The highest BCUT2D eigenvalue weighted by Gasteiger charge is 2.24. The molecular weight excluding hydrogens is 240 g/mol. The molecule has 1 rings (SSSR count). The molecule has 0 amide bonds.